The quantitative estimate of drug-likeness (QED) is 0.858. The maximum absolute atomic E-state index is 5.67. The highest BCUT2D eigenvalue weighted by Crippen LogP contribution is 2.34. The van der Waals surface area contributed by atoms with Crippen LogP contribution in [0.2, 0.25) is 0 Å². The van der Waals surface area contributed by atoms with E-state index in [1.165, 1.54) is 0 Å². The largest absolute Gasteiger partial charge is 0.493 e. The van der Waals surface area contributed by atoms with Crippen molar-refractivity contribution < 1.29 is 9.47 Å². The molecule has 0 saturated heterocycles. The van der Waals surface area contributed by atoms with Gasteiger partial charge in [-0.15, -0.1) is 0 Å². The molecule has 0 bridgehead atoms. The molecule has 22 heavy (non-hydrogen) atoms. The van der Waals surface area contributed by atoms with Gasteiger partial charge >= 0.3 is 0 Å². The third-order valence-electron chi connectivity index (χ3n) is 3.51. The van der Waals surface area contributed by atoms with Crippen LogP contribution in [-0.4, -0.2) is 28.8 Å². The molecule has 0 unspecified atom stereocenters. The molecule has 1 heterocycles. The molecule has 0 amide bonds. The molecule has 6 heteroatoms. The van der Waals surface area contributed by atoms with E-state index in [2.05, 4.69) is 25.3 Å². The van der Waals surface area contributed by atoms with Gasteiger partial charge in [0, 0.05) is 30.5 Å². The lowest BCUT2D eigenvalue weighted by Gasteiger charge is -2.20. The summed E-state index contributed by atoms with van der Waals surface area (Å²) in [5.41, 5.74) is 7.46. The number of aromatic nitrogens is 2. The van der Waals surface area contributed by atoms with E-state index in [0.717, 1.165) is 16.9 Å². The first kappa shape index (κ1) is 16.5. The summed E-state index contributed by atoms with van der Waals surface area (Å²) < 4.78 is 12.9. The third-order valence-corrected chi connectivity index (χ3v) is 3.71. The minimum Gasteiger partial charge on any atom is -0.493 e. The number of nitrogens with zero attached hydrogens (tertiary/aromatic N) is 2. The normalized spacial score (nSPS) is 11.7. The number of ether oxygens (including phenoxy) is 2. The van der Waals surface area contributed by atoms with Gasteiger partial charge in [0.05, 0.1) is 30.2 Å². The van der Waals surface area contributed by atoms with E-state index in [-0.39, 0.29) is 5.41 Å². The van der Waals surface area contributed by atoms with Crippen LogP contribution in [0.15, 0.2) is 12.1 Å². The molecule has 2 rings (SSSR count). The Kier molecular flexibility index (Phi) is 4.60. The lowest BCUT2D eigenvalue weighted by Crippen LogP contribution is -2.21. The van der Waals surface area contributed by atoms with Crippen molar-refractivity contribution >= 4 is 28.2 Å². The SMILES string of the molecule is COc1cc2nc(C(C)(C)C)n(CCC(N)=S)c2cc1OC. The van der Waals surface area contributed by atoms with Gasteiger partial charge in [-0.25, -0.2) is 4.98 Å². The minimum absolute atomic E-state index is 0.0876. The molecule has 0 aliphatic heterocycles. The Morgan fingerprint density at radius 2 is 1.82 bits per heavy atom. The number of imidazole rings is 1. The second-order valence-corrected chi connectivity index (χ2v) is 6.77. The number of methoxy groups -OCH3 is 2. The zero-order chi connectivity index (χ0) is 16.5. The fourth-order valence-corrected chi connectivity index (χ4v) is 2.56. The van der Waals surface area contributed by atoms with Crippen LogP contribution in [0.4, 0.5) is 0 Å². The van der Waals surface area contributed by atoms with Crippen LogP contribution < -0.4 is 15.2 Å². The van der Waals surface area contributed by atoms with Gasteiger partial charge in [0.2, 0.25) is 0 Å². The fourth-order valence-electron chi connectivity index (χ4n) is 2.47. The van der Waals surface area contributed by atoms with Crippen LogP contribution in [0.5, 0.6) is 11.5 Å². The van der Waals surface area contributed by atoms with E-state index >= 15 is 0 Å². The number of rotatable bonds is 5. The minimum atomic E-state index is -0.0876. The van der Waals surface area contributed by atoms with Crippen LogP contribution in [0.25, 0.3) is 11.0 Å². The van der Waals surface area contributed by atoms with Gasteiger partial charge in [-0.1, -0.05) is 33.0 Å². The van der Waals surface area contributed by atoms with Crippen molar-refractivity contribution in [2.45, 2.75) is 39.2 Å². The highest BCUT2D eigenvalue weighted by molar-refractivity contribution is 7.80. The zero-order valence-electron chi connectivity index (χ0n) is 13.8. The monoisotopic (exact) mass is 321 g/mol. The summed E-state index contributed by atoms with van der Waals surface area (Å²) in [6.07, 6.45) is 0.637. The van der Waals surface area contributed by atoms with Crippen molar-refractivity contribution in [3.63, 3.8) is 0 Å². The number of benzene rings is 1. The van der Waals surface area contributed by atoms with E-state index in [9.17, 15) is 0 Å². The molecule has 0 saturated carbocycles. The van der Waals surface area contributed by atoms with Crippen molar-refractivity contribution in [1.29, 1.82) is 0 Å². The van der Waals surface area contributed by atoms with Gasteiger partial charge in [-0.05, 0) is 0 Å². The Morgan fingerprint density at radius 3 is 2.32 bits per heavy atom. The van der Waals surface area contributed by atoms with Gasteiger partial charge in [-0.2, -0.15) is 0 Å². The lowest BCUT2D eigenvalue weighted by atomic mass is 9.95. The van der Waals surface area contributed by atoms with Gasteiger partial charge < -0.3 is 19.8 Å². The van der Waals surface area contributed by atoms with Gasteiger partial charge in [0.1, 0.15) is 5.82 Å². The third kappa shape index (κ3) is 3.16. The lowest BCUT2D eigenvalue weighted by molar-refractivity contribution is 0.355. The number of hydrogen-bond donors (Lipinski definition) is 1. The first-order valence-electron chi connectivity index (χ1n) is 7.19. The maximum Gasteiger partial charge on any atom is 0.163 e. The number of aryl methyl sites for hydroxylation is 1. The standard InChI is InChI=1S/C16H23N3O2S/c1-16(2,3)15-18-10-8-12(20-4)13(21-5)9-11(10)19(15)7-6-14(17)22/h8-9H,6-7H2,1-5H3,(H2,17,22). The van der Waals surface area contributed by atoms with E-state index in [0.29, 0.717) is 29.5 Å². The molecule has 0 radical (unpaired) electrons. The van der Waals surface area contributed by atoms with Crippen molar-refractivity contribution in [2.24, 2.45) is 5.73 Å². The zero-order valence-corrected chi connectivity index (χ0v) is 14.6. The summed E-state index contributed by atoms with van der Waals surface area (Å²) in [5.74, 6) is 2.36. The van der Waals surface area contributed by atoms with Gasteiger partial charge in [0.15, 0.2) is 11.5 Å². The van der Waals surface area contributed by atoms with E-state index < -0.39 is 0 Å². The summed E-state index contributed by atoms with van der Waals surface area (Å²) in [6, 6.07) is 3.86. The molecule has 0 aliphatic carbocycles. The summed E-state index contributed by atoms with van der Waals surface area (Å²) in [4.78, 5) is 5.29. The van der Waals surface area contributed by atoms with Gasteiger partial charge in [-0.3, -0.25) is 0 Å². The number of nitrogens with two attached hydrogens (primary N) is 1. The van der Waals surface area contributed by atoms with Crippen LogP contribution in [0, 0.1) is 0 Å². The summed E-state index contributed by atoms with van der Waals surface area (Å²) in [6.45, 7) is 7.12. The second kappa shape index (κ2) is 6.12. The Morgan fingerprint density at radius 1 is 1.23 bits per heavy atom. The molecule has 0 spiro atoms. The highest BCUT2D eigenvalue weighted by Gasteiger charge is 2.24. The smallest absolute Gasteiger partial charge is 0.163 e. The topological polar surface area (TPSA) is 62.3 Å². The molecule has 2 N–H and O–H groups in total. The summed E-state index contributed by atoms with van der Waals surface area (Å²) in [5, 5.41) is 0. The molecule has 2 aromatic rings. The summed E-state index contributed by atoms with van der Waals surface area (Å²) >= 11 is 5.02. The maximum atomic E-state index is 5.67. The van der Waals surface area contributed by atoms with Crippen molar-refractivity contribution in [3.8, 4) is 11.5 Å². The van der Waals surface area contributed by atoms with Gasteiger partial charge in [0.25, 0.3) is 0 Å². The van der Waals surface area contributed by atoms with E-state index in [4.69, 9.17) is 32.4 Å². The van der Waals surface area contributed by atoms with Crippen molar-refractivity contribution in [3.05, 3.63) is 18.0 Å². The van der Waals surface area contributed by atoms with E-state index in [1.54, 1.807) is 14.2 Å². The highest BCUT2D eigenvalue weighted by atomic mass is 32.1. The summed E-state index contributed by atoms with van der Waals surface area (Å²) in [7, 11) is 3.25. The van der Waals surface area contributed by atoms with Crippen LogP contribution >= 0.6 is 12.2 Å². The van der Waals surface area contributed by atoms with Crippen molar-refractivity contribution in [2.75, 3.05) is 14.2 Å². The average Bonchev–Trinajstić information content (AvgIpc) is 2.81. The molecule has 120 valence electrons. The van der Waals surface area contributed by atoms with E-state index in [1.807, 2.05) is 12.1 Å². The molecule has 1 aromatic heterocycles. The number of thiocarbonyl (C=S) groups is 1. The molecule has 0 atom stereocenters. The first-order chi connectivity index (χ1) is 10.3. The first-order valence-corrected chi connectivity index (χ1v) is 7.59. The predicted octanol–water partition coefficient (Wildman–Crippen LogP) is 3.03. The fraction of sp³-hybridized carbons (Fsp3) is 0.500. The molecule has 0 fully saturated rings. The molecular weight excluding hydrogens is 298 g/mol. The molecule has 0 aliphatic rings. The molecular formula is C16H23N3O2S. The Labute approximate surface area is 136 Å². The average molecular weight is 321 g/mol. The predicted molar refractivity (Wildman–Crippen MR) is 92.9 cm³/mol. The van der Waals surface area contributed by atoms with Crippen molar-refractivity contribution in [1.82, 2.24) is 9.55 Å². The molecule has 5 nitrogen and oxygen atoms in total. The van der Waals surface area contributed by atoms with Crippen LogP contribution in [0.1, 0.15) is 33.0 Å². The molecule has 1 aromatic carbocycles. The Balaban J connectivity index is 2.67. The van der Waals surface area contributed by atoms with Crippen LogP contribution in [0.3, 0.4) is 0 Å². The second-order valence-electron chi connectivity index (χ2n) is 6.25. The Bertz CT molecular complexity index is 701. The number of hydrogen-bond acceptors (Lipinski definition) is 4. The number of fused-ring (bicyclic) bond motifs is 1. The van der Waals surface area contributed by atoms with Crippen LogP contribution in [-0.2, 0) is 12.0 Å². The Hall–Kier alpha value is -1.82.